The zero-order chi connectivity index (χ0) is 29.6. The van der Waals surface area contributed by atoms with E-state index < -0.39 is 0 Å². The van der Waals surface area contributed by atoms with E-state index in [1.54, 1.807) is 0 Å². The van der Waals surface area contributed by atoms with Gasteiger partial charge in [0.2, 0.25) is 0 Å². The van der Waals surface area contributed by atoms with Crippen molar-refractivity contribution in [3.05, 3.63) is 132 Å². The molecule has 0 aliphatic carbocycles. The lowest BCUT2D eigenvalue weighted by atomic mass is 10.1. The lowest BCUT2D eigenvalue weighted by Crippen LogP contribution is -1.96. The highest BCUT2D eigenvalue weighted by molar-refractivity contribution is 6.12. The molecule has 0 spiro atoms. The number of nitrogens with zero attached hydrogens (tertiary/aromatic N) is 4. The molecule has 0 fully saturated rings. The first-order chi connectivity index (χ1) is 21.7. The molecule has 8 aromatic rings. The van der Waals surface area contributed by atoms with Crippen LogP contribution in [0.3, 0.4) is 0 Å². The summed E-state index contributed by atoms with van der Waals surface area (Å²) in [5, 5.41) is 5.11. The number of rotatable bonds is 6. The van der Waals surface area contributed by atoms with Crippen LogP contribution in [0.4, 0.5) is 0 Å². The van der Waals surface area contributed by atoms with Crippen LogP contribution >= 0.6 is 0 Å². The Morgan fingerprint density at radius 1 is 0.455 bits per heavy atom. The Hall–Kier alpha value is -5.48. The summed E-state index contributed by atoms with van der Waals surface area (Å²) < 4.78 is 4.81. The maximum atomic E-state index is 5.09. The molecule has 0 amide bonds. The highest BCUT2D eigenvalue weighted by Crippen LogP contribution is 2.34. The molecule has 5 aromatic carbocycles. The molecule has 0 saturated heterocycles. The van der Waals surface area contributed by atoms with Crippen molar-refractivity contribution in [1.82, 2.24) is 19.1 Å². The van der Waals surface area contributed by atoms with Gasteiger partial charge in [-0.25, -0.2) is 9.97 Å². The number of fused-ring (bicyclic) bond motifs is 7. The van der Waals surface area contributed by atoms with E-state index in [0.29, 0.717) is 0 Å². The monoisotopic (exact) mass is 568 g/mol. The van der Waals surface area contributed by atoms with E-state index in [4.69, 9.17) is 9.97 Å². The summed E-state index contributed by atoms with van der Waals surface area (Å²) in [4.78, 5) is 10.2. The van der Waals surface area contributed by atoms with E-state index in [-0.39, 0.29) is 0 Å². The standard InChI is InChI=1S/C40H32N4/c1-3-43-37-21-9-5-15-29(37)31-17-11-13-27(39(31)43)23-25-35-36(42-34-20-8-7-19-33(34)41-35)26-24-28-14-12-18-32-30-16-6-10-22-38(30)44(4-2)40(28)32/h5-26H,3-4H2,1-2H3/b25-23+,26-24+. The van der Waals surface area contributed by atoms with Gasteiger partial charge in [-0.3, -0.25) is 0 Å². The van der Waals surface area contributed by atoms with Gasteiger partial charge >= 0.3 is 0 Å². The van der Waals surface area contributed by atoms with Crippen LogP contribution in [-0.4, -0.2) is 19.1 Å². The summed E-state index contributed by atoms with van der Waals surface area (Å²) >= 11 is 0. The van der Waals surface area contributed by atoms with Crippen molar-refractivity contribution in [3.8, 4) is 0 Å². The first kappa shape index (κ1) is 26.2. The normalized spacial score (nSPS) is 12.3. The third-order valence-electron chi connectivity index (χ3n) is 8.74. The Kier molecular flexibility index (Phi) is 6.34. The van der Waals surface area contributed by atoms with Crippen molar-refractivity contribution in [1.29, 1.82) is 0 Å². The van der Waals surface area contributed by atoms with Crippen molar-refractivity contribution >= 4 is 78.9 Å². The van der Waals surface area contributed by atoms with Crippen LogP contribution in [0.25, 0.3) is 78.9 Å². The smallest absolute Gasteiger partial charge is 0.0894 e. The Morgan fingerprint density at radius 2 is 0.864 bits per heavy atom. The van der Waals surface area contributed by atoms with E-state index in [0.717, 1.165) is 35.5 Å². The van der Waals surface area contributed by atoms with Crippen LogP contribution in [0, 0.1) is 0 Å². The molecule has 0 bridgehead atoms. The number of benzene rings is 5. The summed E-state index contributed by atoms with van der Waals surface area (Å²) in [6.45, 7) is 6.22. The Balaban J connectivity index is 1.28. The molecule has 0 aliphatic rings. The maximum absolute atomic E-state index is 5.09. The summed E-state index contributed by atoms with van der Waals surface area (Å²) in [6, 6.07) is 38.6. The van der Waals surface area contributed by atoms with E-state index in [1.165, 1.54) is 54.7 Å². The third kappa shape index (κ3) is 4.14. The molecule has 212 valence electrons. The van der Waals surface area contributed by atoms with Gasteiger partial charge in [-0.2, -0.15) is 0 Å². The molecule has 8 rings (SSSR count). The van der Waals surface area contributed by atoms with Crippen LogP contribution in [0.5, 0.6) is 0 Å². The second-order valence-electron chi connectivity index (χ2n) is 11.2. The molecule has 4 heteroatoms. The van der Waals surface area contributed by atoms with Crippen molar-refractivity contribution < 1.29 is 0 Å². The Bertz CT molecular complexity index is 2250. The lowest BCUT2D eigenvalue weighted by Gasteiger charge is -2.08. The number of aryl methyl sites for hydroxylation is 2. The fraction of sp³-hybridized carbons (Fsp3) is 0.100. The molecule has 0 atom stereocenters. The predicted molar refractivity (Wildman–Crippen MR) is 188 cm³/mol. The average Bonchev–Trinajstić information content (AvgIpc) is 3.59. The molecule has 0 radical (unpaired) electrons. The van der Waals surface area contributed by atoms with Crippen LogP contribution < -0.4 is 0 Å². The van der Waals surface area contributed by atoms with E-state index in [2.05, 4.69) is 132 Å². The summed E-state index contributed by atoms with van der Waals surface area (Å²) in [5.41, 5.74) is 10.8. The number of para-hydroxylation sites is 6. The first-order valence-electron chi connectivity index (χ1n) is 15.4. The zero-order valence-corrected chi connectivity index (χ0v) is 24.9. The summed E-state index contributed by atoms with van der Waals surface area (Å²) in [5.74, 6) is 0. The molecule has 3 heterocycles. The van der Waals surface area contributed by atoms with E-state index >= 15 is 0 Å². The molecule has 3 aromatic heterocycles. The van der Waals surface area contributed by atoms with Gasteiger partial charge in [-0.15, -0.1) is 0 Å². The van der Waals surface area contributed by atoms with Crippen molar-refractivity contribution in [2.24, 2.45) is 0 Å². The van der Waals surface area contributed by atoms with Gasteiger partial charge in [-0.1, -0.05) is 97.1 Å². The Morgan fingerprint density at radius 3 is 1.32 bits per heavy atom. The highest BCUT2D eigenvalue weighted by Gasteiger charge is 2.13. The molecular weight excluding hydrogens is 536 g/mol. The van der Waals surface area contributed by atoms with Gasteiger partial charge in [0.15, 0.2) is 0 Å². The molecule has 44 heavy (non-hydrogen) atoms. The zero-order valence-electron chi connectivity index (χ0n) is 24.9. The fourth-order valence-electron chi connectivity index (χ4n) is 6.81. The molecule has 0 aliphatic heterocycles. The van der Waals surface area contributed by atoms with Crippen molar-refractivity contribution in [2.45, 2.75) is 26.9 Å². The number of hydrogen-bond donors (Lipinski definition) is 0. The topological polar surface area (TPSA) is 35.6 Å². The maximum Gasteiger partial charge on any atom is 0.0894 e. The molecule has 0 saturated carbocycles. The minimum atomic E-state index is 0.847. The van der Waals surface area contributed by atoms with Crippen LogP contribution in [0.2, 0.25) is 0 Å². The Labute approximate surface area is 256 Å². The average molecular weight is 569 g/mol. The minimum absolute atomic E-state index is 0.847. The minimum Gasteiger partial charge on any atom is -0.340 e. The molecule has 0 unspecified atom stereocenters. The molecular formula is C40H32N4. The second-order valence-corrected chi connectivity index (χ2v) is 11.2. The third-order valence-corrected chi connectivity index (χ3v) is 8.74. The largest absolute Gasteiger partial charge is 0.340 e. The second kappa shape index (κ2) is 10.7. The van der Waals surface area contributed by atoms with Gasteiger partial charge in [0.05, 0.1) is 33.5 Å². The number of aromatic nitrogens is 4. The van der Waals surface area contributed by atoms with Crippen LogP contribution in [0.15, 0.2) is 109 Å². The highest BCUT2D eigenvalue weighted by atomic mass is 15.0. The van der Waals surface area contributed by atoms with Gasteiger partial charge < -0.3 is 9.13 Å². The molecule has 4 nitrogen and oxygen atoms in total. The lowest BCUT2D eigenvalue weighted by molar-refractivity contribution is 0.826. The van der Waals surface area contributed by atoms with Gasteiger partial charge in [0, 0.05) is 45.7 Å². The van der Waals surface area contributed by atoms with Gasteiger partial charge in [-0.05, 0) is 61.4 Å². The number of hydrogen-bond acceptors (Lipinski definition) is 2. The van der Waals surface area contributed by atoms with Crippen LogP contribution in [-0.2, 0) is 13.1 Å². The van der Waals surface area contributed by atoms with Crippen LogP contribution in [0.1, 0.15) is 36.4 Å². The van der Waals surface area contributed by atoms with Gasteiger partial charge in [0.25, 0.3) is 0 Å². The fourth-order valence-corrected chi connectivity index (χ4v) is 6.81. The SMILES string of the molecule is CCn1c2ccccc2c2cccc(/C=C/c3nc4ccccc4nc3/C=C/c3cccc4c5ccccc5n(CC)c34)c21. The predicted octanol–water partition coefficient (Wildman–Crippen LogP) is 10.2. The quantitative estimate of drug-likeness (QED) is 0.200. The van der Waals surface area contributed by atoms with E-state index in [9.17, 15) is 0 Å². The summed E-state index contributed by atoms with van der Waals surface area (Å²) in [7, 11) is 0. The van der Waals surface area contributed by atoms with Crippen molar-refractivity contribution in [3.63, 3.8) is 0 Å². The van der Waals surface area contributed by atoms with Gasteiger partial charge in [0.1, 0.15) is 0 Å². The van der Waals surface area contributed by atoms with Crippen molar-refractivity contribution in [2.75, 3.05) is 0 Å². The van der Waals surface area contributed by atoms with E-state index in [1.807, 2.05) is 24.3 Å². The first-order valence-corrected chi connectivity index (χ1v) is 15.4. The molecule has 0 N–H and O–H groups in total. The summed E-state index contributed by atoms with van der Waals surface area (Å²) in [6.07, 6.45) is 8.63.